The summed E-state index contributed by atoms with van der Waals surface area (Å²) in [6.45, 7) is 7.11. The SMILES string of the molecule is CC[N+]1=c2cc3c(cc2CCC1)=Nc1cc2c(cc1O3)N(CCCC(=O)NCC#Cc1cn([C@H]3CC[C@@H](COP(=O)(O)OP(=O)(O)OP(=O)(O)O)O3)c(=O)[nH]c1=O)C(C)(C)C=C2CS(=O)(=O)O. The van der Waals surface area contributed by atoms with Crippen LogP contribution >= 0.6 is 23.5 Å². The van der Waals surface area contributed by atoms with Gasteiger partial charge in [-0.1, -0.05) is 17.9 Å². The maximum atomic E-state index is 13.0. The predicted octanol–water partition coefficient (Wildman–Crippen LogP) is 1.89. The van der Waals surface area contributed by atoms with Gasteiger partial charge in [-0.25, -0.2) is 28.1 Å². The molecule has 0 bridgehead atoms. The number of nitrogens with one attached hydrogen (secondary N) is 2. The number of H-pyrrole nitrogens is 1. The lowest BCUT2D eigenvalue weighted by Gasteiger charge is -2.44. The highest BCUT2D eigenvalue weighted by Gasteiger charge is 2.42. The zero-order valence-electron chi connectivity index (χ0n) is 36.2. The molecular formula is C39H48N6O18P3S+. The van der Waals surface area contributed by atoms with Crippen LogP contribution in [0.3, 0.4) is 0 Å². The van der Waals surface area contributed by atoms with E-state index in [1.807, 2.05) is 36.9 Å². The molecule has 362 valence electrons. The summed E-state index contributed by atoms with van der Waals surface area (Å²) in [5.74, 6) is 5.37. The number of phosphoric ester groups is 1. The van der Waals surface area contributed by atoms with Crippen molar-refractivity contribution < 1.29 is 73.7 Å². The number of aromatic amines is 1. The van der Waals surface area contributed by atoms with E-state index >= 15 is 0 Å². The zero-order valence-corrected chi connectivity index (χ0v) is 39.7. The van der Waals surface area contributed by atoms with Gasteiger partial charge in [0.25, 0.3) is 15.7 Å². The van der Waals surface area contributed by atoms with Crippen molar-refractivity contribution >= 4 is 56.4 Å². The fraction of sp³-hybridized carbons (Fsp3) is 0.462. The Hall–Kier alpha value is -4.63. The molecule has 5 heterocycles. The van der Waals surface area contributed by atoms with Gasteiger partial charge in [0.2, 0.25) is 11.3 Å². The van der Waals surface area contributed by atoms with Crippen LogP contribution in [0, 0.1) is 11.8 Å². The predicted molar refractivity (Wildman–Crippen MR) is 238 cm³/mol. The molecule has 0 spiro atoms. The molecule has 0 saturated carbocycles. The molecule has 7 N–H and O–H groups in total. The molecule has 4 aliphatic heterocycles. The second-order valence-corrected chi connectivity index (χ2v) is 22.3. The van der Waals surface area contributed by atoms with Crippen LogP contribution in [0.25, 0.3) is 5.57 Å². The van der Waals surface area contributed by atoms with Crippen LogP contribution in [0.15, 0.2) is 51.1 Å². The maximum Gasteiger partial charge on any atom is 0.490 e. The number of amides is 1. The molecule has 4 atom stereocenters. The Morgan fingerprint density at radius 3 is 2.55 bits per heavy atom. The van der Waals surface area contributed by atoms with Crippen LogP contribution in [0.1, 0.15) is 75.8 Å². The van der Waals surface area contributed by atoms with Crippen molar-refractivity contribution in [3.63, 3.8) is 0 Å². The lowest BCUT2D eigenvalue weighted by molar-refractivity contribution is -0.120. The Morgan fingerprint density at radius 1 is 1.07 bits per heavy atom. The monoisotopic (exact) mass is 1010 g/mol. The molecule has 1 amide bonds. The Bertz CT molecular complexity index is 3120. The molecule has 3 aromatic rings. The van der Waals surface area contributed by atoms with Crippen LogP contribution in [0.4, 0.5) is 11.4 Å². The van der Waals surface area contributed by atoms with E-state index in [9.17, 15) is 50.8 Å². The van der Waals surface area contributed by atoms with Gasteiger partial charge in [0.1, 0.15) is 41.7 Å². The van der Waals surface area contributed by atoms with Gasteiger partial charge in [-0.05, 0) is 64.2 Å². The van der Waals surface area contributed by atoms with Crippen molar-refractivity contribution in [1.82, 2.24) is 19.4 Å². The van der Waals surface area contributed by atoms with Crippen molar-refractivity contribution in [3.05, 3.63) is 84.8 Å². The number of benzene rings is 2. The third-order valence-corrected chi connectivity index (χ3v) is 15.6. The lowest BCUT2D eigenvalue weighted by atomic mass is 9.88. The van der Waals surface area contributed by atoms with E-state index in [2.05, 4.69) is 46.8 Å². The normalized spacial score (nSPS) is 20.3. The number of ether oxygens (including phenoxy) is 2. The molecule has 24 nitrogen and oxygen atoms in total. The molecule has 67 heavy (non-hydrogen) atoms. The molecule has 4 aliphatic rings. The summed E-state index contributed by atoms with van der Waals surface area (Å²) in [4.78, 5) is 83.7. The fourth-order valence-corrected chi connectivity index (χ4v) is 12.0. The summed E-state index contributed by atoms with van der Waals surface area (Å²) in [6, 6.07) is 7.61. The Labute approximate surface area is 382 Å². The number of rotatable bonds is 16. The number of phosphoric acid groups is 3. The molecule has 0 radical (unpaired) electrons. The summed E-state index contributed by atoms with van der Waals surface area (Å²) in [6.07, 6.45) is 3.48. The third-order valence-electron chi connectivity index (χ3n) is 11.1. The molecule has 1 aromatic heterocycles. The number of hydrogen-bond donors (Lipinski definition) is 7. The maximum absolute atomic E-state index is 13.0. The van der Waals surface area contributed by atoms with Crippen molar-refractivity contribution in [2.45, 2.75) is 77.2 Å². The van der Waals surface area contributed by atoms with Gasteiger partial charge in [-0.2, -0.15) is 17.0 Å². The standard InChI is InChI=1S/C39H47N6O18P3S/c1-4-43-14-6-9-24-16-29-33(18-31(24)43)61-34-19-32-28(17-30(34)41-29)26(23-67(56,57)58)20-39(2,3)45(32)15-7-10-35(46)40-13-5-8-25-21-44(38(48)42-37(25)47)36-12-11-27(60-36)22-59-65(52,53)63-66(54,55)62-64(49,50)51/h16-21,27,36H,4,6-7,9-15,22-23H2,1-3H3,(H6-,40,42,46,47,48,49,50,51,52,53,54,55,56,57,58)/p+1/t27-,36+/m0/s1. The van der Waals surface area contributed by atoms with Gasteiger partial charge in [0.15, 0.2) is 11.5 Å². The highest BCUT2D eigenvalue weighted by molar-refractivity contribution is 7.86. The molecule has 2 unspecified atom stereocenters. The average molecular weight is 1010 g/mol. The molecule has 0 aliphatic carbocycles. The molecule has 7 rings (SSSR count). The average Bonchev–Trinajstić information content (AvgIpc) is 3.68. The van der Waals surface area contributed by atoms with Crippen LogP contribution in [-0.4, -0.2) is 98.2 Å². The number of anilines is 1. The minimum atomic E-state index is -5.73. The van der Waals surface area contributed by atoms with Crippen LogP contribution in [0.5, 0.6) is 11.5 Å². The molecule has 28 heteroatoms. The van der Waals surface area contributed by atoms with Crippen LogP contribution in [0.2, 0.25) is 0 Å². The van der Waals surface area contributed by atoms with E-state index in [4.69, 9.17) is 24.3 Å². The first-order valence-electron chi connectivity index (χ1n) is 20.8. The Balaban J connectivity index is 0.977. The Morgan fingerprint density at radius 2 is 1.84 bits per heavy atom. The number of carbonyl (C=O) groups is 1. The summed E-state index contributed by atoms with van der Waals surface area (Å²) in [7, 11) is -21.1. The number of aryl methyl sites for hydroxylation is 1. The molecule has 1 saturated heterocycles. The summed E-state index contributed by atoms with van der Waals surface area (Å²) >= 11 is 0. The number of hydrogen-bond acceptors (Lipinski definition) is 15. The Kier molecular flexibility index (Phi) is 14.6. The van der Waals surface area contributed by atoms with E-state index in [0.717, 1.165) is 42.1 Å². The van der Waals surface area contributed by atoms with E-state index in [1.165, 1.54) is 5.56 Å². The summed E-state index contributed by atoms with van der Waals surface area (Å²) < 4.78 is 96.2. The van der Waals surface area contributed by atoms with Crippen LogP contribution in [-0.2, 0) is 52.9 Å². The fourth-order valence-electron chi connectivity index (χ4n) is 8.30. The van der Waals surface area contributed by atoms with E-state index < -0.39 is 75.1 Å². The number of aromatic nitrogens is 2. The minimum Gasteiger partial charge on any atom is -0.452 e. The van der Waals surface area contributed by atoms with Gasteiger partial charge < -0.3 is 39.3 Å². The molecule has 1 fully saturated rings. The molecular weight excluding hydrogens is 965 g/mol. The number of fused-ring (bicyclic) bond motifs is 4. The minimum absolute atomic E-state index is 0.0576. The first kappa shape index (κ1) is 50.3. The van der Waals surface area contributed by atoms with Gasteiger partial charge in [-0.15, -0.1) is 0 Å². The van der Waals surface area contributed by atoms with E-state index in [1.54, 1.807) is 12.1 Å². The molecule has 2 aromatic carbocycles. The van der Waals surface area contributed by atoms with Crippen molar-refractivity contribution in [1.29, 1.82) is 0 Å². The smallest absolute Gasteiger partial charge is 0.452 e. The first-order valence-corrected chi connectivity index (χ1v) is 26.9. The number of carbonyl (C=O) groups excluding carboxylic acids is 1. The van der Waals surface area contributed by atoms with E-state index in [0.29, 0.717) is 52.3 Å². The van der Waals surface area contributed by atoms with Crippen molar-refractivity contribution in [2.24, 2.45) is 4.99 Å². The van der Waals surface area contributed by atoms with Gasteiger partial charge in [-0.3, -0.25) is 28.2 Å². The van der Waals surface area contributed by atoms with Crippen molar-refractivity contribution in [2.75, 3.05) is 43.4 Å². The van der Waals surface area contributed by atoms with Gasteiger partial charge in [0, 0.05) is 48.5 Å². The second kappa shape index (κ2) is 19.4. The highest BCUT2D eigenvalue weighted by atomic mass is 32.2. The van der Waals surface area contributed by atoms with Crippen LogP contribution < -0.4 is 41.5 Å². The van der Waals surface area contributed by atoms with E-state index in [-0.39, 0.29) is 37.3 Å². The quantitative estimate of drug-likeness (QED) is 0.0365. The number of nitrogens with zero attached hydrogens (tertiary/aromatic N) is 4. The van der Waals surface area contributed by atoms with Crippen molar-refractivity contribution in [3.8, 4) is 23.3 Å². The third kappa shape index (κ3) is 12.5. The largest absolute Gasteiger partial charge is 0.490 e. The summed E-state index contributed by atoms with van der Waals surface area (Å²) in [5.41, 5.74) is 0.627. The van der Waals surface area contributed by atoms with Gasteiger partial charge in [0.05, 0.1) is 30.9 Å². The first-order chi connectivity index (χ1) is 31.3. The summed E-state index contributed by atoms with van der Waals surface area (Å²) in [5, 5.41) is 4.44. The topological polar surface area (TPSA) is 335 Å². The zero-order chi connectivity index (χ0) is 48.7. The highest BCUT2D eigenvalue weighted by Crippen LogP contribution is 2.66. The van der Waals surface area contributed by atoms with Gasteiger partial charge >= 0.3 is 29.2 Å². The second-order valence-electron chi connectivity index (χ2n) is 16.5. The lowest BCUT2D eigenvalue weighted by Crippen LogP contribution is -2.46.